The summed E-state index contributed by atoms with van der Waals surface area (Å²) < 4.78 is 9.06. The number of nitrogens with zero attached hydrogens (tertiary/aromatic N) is 6. The molecule has 32 nitrogen and oxygen atoms in total. The molecule has 0 aliphatic carbocycles. The Labute approximate surface area is 573 Å². The van der Waals surface area contributed by atoms with Gasteiger partial charge in [0, 0.05) is 92.6 Å². The molecule has 35 heteroatoms. The minimum atomic E-state index is -2.54. The third kappa shape index (κ3) is 17.7. The number of para-hydroxylation sites is 1. The Bertz CT molecular complexity index is 3520. The van der Waals surface area contributed by atoms with E-state index in [4.69, 9.17) is 9.92 Å². The summed E-state index contributed by atoms with van der Waals surface area (Å²) in [5.74, 6) is -12.0. The summed E-state index contributed by atoms with van der Waals surface area (Å²) >= 11 is 1.22. The van der Waals surface area contributed by atoms with Gasteiger partial charge in [-0.15, -0.1) is 14.5 Å². The number of piperazine rings is 1. The van der Waals surface area contributed by atoms with Crippen LogP contribution in [0.25, 0.3) is 21.1 Å². The van der Waals surface area contributed by atoms with Crippen molar-refractivity contribution in [1.82, 2.24) is 46.6 Å². The van der Waals surface area contributed by atoms with Gasteiger partial charge in [-0.05, 0) is 73.2 Å². The molecule has 14 atom stereocenters. The zero-order chi connectivity index (χ0) is 67.7. The van der Waals surface area contributed by atoms with Crippen molar-refractivity contribution in [3.8, 4) is 32.6 Å². The number of aliphatic hydroxyl groups excluding tert-OH is 7. The summed E-state index contributed by atoms with van der Waals surface area (Å²) in [5.41, 5.74) is 8.69. The van der Waals surface area contributed by atoms with Crippen LogP contribution >= 0.6 is 23.7 Å². The Hall–Kier alpha value is -7.65. The second-order valence-corrected chi connectivity index (χ2v) is 24.6. The molecule has 95 heavy (non-hydrogen) atoms. The maximum Gasteiger partial charge on any atom is 1.00 e. The van der Waals surface area contributed by atoms with Crippen LogP contribution in [0.4, 0.5) is 11.4 Å². The molecule has 0 radical (unpaired) electrons. The summed E-state index contributed by atoms with van der Waals surface area (Å²) in [7, 11) is 0. The van der Waals surface area contributed by atoms with Gasteiger partial charge >= 0.3 is 29.6 Å². The van der Waals surface area contributed by atoms with E-state index in [-0.39, 0.29) is 53.0 Å². The van der Waals surface area contributed by atoms with Crippen molar-refractivity contribution in [2.45, 2.75) is 112 Å². The molecule has 0 spiro atoms. The topological polar surface area (TPSA) is 474 Å². The molecule has 504 valence electrons. The van der Waals surface area contributed by atoms with E-state index < -0.39 is 183 Å². The number of carbonyl (C=O) groups excluding carboxylic acids is 8. The molecule has 8 amide bonds. The minimum absolute atomic E-state index is 0. The number of phenols is 1. The average Bonchev–Trinajstić information content (AvgIpc) is 1.73. The summed E-state index contributed by atoms with van der Waals surface area (Å²) in [4.78, 5) is 120. The van der Waals surface area contributed by atoms with Crippen LogP contribution in [0.15, 0.2) is 97.1 Å². The molecular formula is C60H71N12NaO20S2. The number of aromatic nitrogens is 2. The van der Waals surface area contributed by atoms with Gasteiger partial charge in [0.2, 0.25) is 41.4 Å². The first-order valence-electron chi connectivity index (χ1n) is 29.8. The molecule has 1 aromatic heterocycles. The van der Waals surface area contributed by atoms with Crippen LogP contribution in [0.5, 0.6) is 11.5 Å². The van der Waals surface area contributed by atoms with E-state index in [1.54, 1.807) is 12.1 Å². The van der Waals surface area contributed by atoms with Crippen LogP contribution in [-0.2, 0) is 42.9 Å². The van der Waals surface area contributed by atoms with Gasteiger partial charge in [-0.25, -0.2) is 0 Å². The van der Waals surface area contributed by atoms with Gasteiger partial charge in [0.15, 0.2) is 11.5 Å². The second kappa shape index (κ2) is 32.9. The number of amides is 8. The summed E-state index contributed by atoms with van der Waals surface area (Å²) in [6.45, 7) is 4.11. The number of β-amino-alcohol motifs (C(OH)–C–C–N with tert-alkyl or cyclic N) is 1. The second-order valence-electron chi connectivity index (χ2n) is 23.2. The minimum Gasteiger partial charge on any atom is -0.691 e. The number of aliphatic hydroxyl groups is 7. The van der Waals surface area contributed by atoms with E-state index in [0.29, 0.717) is 15.6 Å². The SMILES string of the molecule is CC(O)C1NC(=O)[C@@H](NC(=O)c2ccc(-c3nnc(-c4ccc(N5CCN(c6ccccc6)CC5)cc4)s3)cc2)CC(O)CNC(=O)C2C(O)C(C)CN2C(=O)C(C(O)CC(N)=O)NC(=O)C(C(O)C(O)c2ccc(O)c(OSOO[O-])c2)NC(=O)C2CC(O)CN2C1=O.[Na+]. The van der Waals surface area contributed by atoms with Crippen molar-refractivity contribution >= 4 is 82.3 Å². The van der Waals surface area contributed by atoms with Crippen LogP contribution in [0.3, 0.4) is 0 Å². The van der Waals surface area contributed by atoms with Gasteiger partial charge in [-0.3, -0.25) is 43.4 Å². The van der Waals surface area contributed by atoms with E-state index in [9.17, 15) is 84.5 Å². The molecule has 13 unspecified atom stereocenters. The maximum absolute atomic E-state index is 14.7. The normalized spacial score (nSPS) is 25.5. The van der Waals surface area contributed by atoms with Crippen LogP contribution in [0.1, 0.15) is 55.1 Å². The molecule has 9 rings (SSSR count). The number of phenolic OH excluding ortho intramolecular Hbond substituents is 1. The summed E-state index contributed by atoms with van der Waals surface area (Å²) in [6.07, 6.45) is -16.2. The molecule has 4 aliphatic heterocycles. The molecule has 4 fully saturated rings. The molecule has 5 aromatic rings. The molecule has 4 saturated heterocycles. The fourth-order valence-electron chi connectivity index (χ4n) is 11.6. The van der Waals surface area contributed by atoms with E-state index in [0.717, 1.165) is 72.4 Å². The number of aromatic hydroxyl groups is 1. The number of hydrogen-bond donors (Lipinski definition) is 14. The van der Waals surface area contributed by atoms with Crippen molar-refractivity contribution in [2.24, 2.45) is 11.7 Å². The number of nitrogens with two attached hydrogens (primary N) is 1. The van der Waals surface area contributed by atoms with E-state index in [2.05, 4.69) is 68.1 Å². The predicted octanol–water partition coefficient (Wildman–Crippen LogP) is -6.61. The predicted molar refractivity (Wildman–Crippen MR) is 330 cm³/mol. The number of nitrogens with one attached hydrogen (secondary N) is 5. The molecule has 5 heterocycles. The first-order valence-corrected chi connectivity index (χ1v) is 31.3. The van der Waals surface area contributed by atoms with E-state index in [1.165, 1.54) is 36.1 Å². The van der Waals surface area contributed by atoms with Gasteiger partial charge in [0.1, 0.15) is 58.5 Å². The quantitative estimate of drug-likeness (QED) is 0.0135. The number of anilines is 2. The first-order chi connectivity index (χ1) is 44.9. The Morgan fingerprint density at radius 2 is 1.33 bits per heavy atom. The Kier molecular flexibility index (Phi) is 25.3. The fraction of sp³-hybridized carbons (Fsp3) is 0.433. The standard InChI is InChI=1S/C60H72N12O20S2.Na/c1-29-27-72-48(49(29)79)56(86)62-26-37(74)23-39(63-52(82)31-8-10-32(11-9-31)57-67-68-58(93-57)33-12-15-36(16-13-33)70-20-18-69(19-21-70)35-6-4-3-5-7-35)53(83)64-45(30(2)73)59(87)71-28-38(75)24-40(71)54(84)66-47(55(85)65-46(60(72)88)42(77)25-44(61)78)51(81)50(80)34-14-17-41(76)43(22-34)90-94-92-91-89;/h3-17,22,29-30,37-40,42,45-51,73-77,79-81,89H,18-21,23-28H2,1-2H3,(H2,61,78)(H,62,86)(H,63,82)(H,64,83)(H,65,85)(H,66,84);/q;+1/p-1/t29?,30?,37?,38?,39-,40?,42?,45?,46?,47?,48?,49?,50?,51?;/m0./s1. The third-order valence-corrected chi connectivity index (χ3v) is 18.0. The van der Waals surface area contributed by atoms with Gasteiger partial charge in [-0.1, -0.05) is 54.7 Å². The molecule has 0 saturated carbocycles. The monoisotopic (exact) mass is 1370 g/mol. The van der Waals surface area contributed by atoms with Crippen molar-refractivity contribution < 1.29 is 128 Å². The van der Waals surface area contributed by atoms with Crippen LogP contribution in [0.2, 0.25) is 0 Å². The Balaban J connectivity index is 0.0000116. The summed E-state index contributed by atoms with van der Waals surface area (Å²) in [6, 6.07) is 14.9. The summed E-state index contributed by atoms with van der Waals surface area (Å²) in [5, 5.41) is 126. The first kappa shape index (κ1) is 73.2. The number of carbonyl (C=O) groups is 8. The van der Waals surface area contributed by atoms with Crippen molar-refractivity contribution in [1.29, 1.82) is 0 Å². The van der Waals surface area contributed by atoms with Crippen LogP contribution < -0.4 is 81.1 Å². The zero-order valence-corrected chi connectivity index (χ0v) is 55.1. The number of fused-ring (bicyclic) bond motifs is 2. The van der Waals surface area contributed by atoms with Crippen LogP contribution in [-0.4, -0.2) is 227 Å². The Morgan fingerprint density at radius 3 is 1.94 bits per heavy atom. The van der Waals surface area contributed by atoms with E-state index in [1.807, 2.05) is 42.5 Å². The Morgan fingerprint density at radius 1 is 0.737 bits per heavy atom. The fourth-order valence-corrected chi connectivity index (χ4v) is 12.7. The third-order valence-electron chi connectivity index (χ3n) is 16.6. The van der Waals surface area contributed by atoms with E-state index >= 15 is 0 Å². The van der Waals surface area contributed by atoms with Gasteiger partial charge in [0.05, 0.1) is 36.9 Å². The smallest absolute Gasteiger partial charge is 0.691 e. The molecule has 0 bridgehead atoms. The largest absolute Gasteiger partial charge is 1.00 e. The number of rotatable bonds is 17. The maximum atomic E-state index is 14.7. The van der Waals surface area contributed by atoms with Gasteiger partial charge in [-0.2, -0.15) is 0 Å². The van der Waals surface area contributed by atoms with Gasteiger partial charge < -0.3 is 102 Å². The van der Waals surface area contributed by atoms with Crippen LogP contribution in [0, 0.1) is 5.92 Å². The molecule has 4 aliphatic rings. The molecular weight excluding hydrogens is 1300 g/mol. The average molecular weight is 1370 g/mol. The molecule has 4 aromatic carbocycles. The van der Waals surface area contributed by atoms with Crippen molar-refractivity contribution in [2.75, 3.05) is 55.6 Å². The van der Waals surface area contributed by atoms with Crippen molar-refractivity contribution in [3.63, 3.8) is 0 Å². The number of primary amides is 1. The molecule has 15 N–H and O–H groups in total. The zero-order valence-electron chi connectivity index (χ0n) is 51.4. The van der Waals surface area contributed by atoms with Gasteiger partial charge in [0.25, 0.3) is 18.2 Å². The number of hydrogen-bond acceptors (Lipinski definition) is 26. The van der Waals surface area contributed by atoms with Crippen molar-refractivity contribution in [3.05, 3.63) is 108 Å². The number of benzene rings is 4.